The first kappa shape index (κ1) is 16.3. The molecule has 5 heteroatoms. The Morgan fingerprint density at radius 1 is 1.41 bits per heavy atom. The van der Waals surface area contributed by atoms with Crippen molar-refractivity contribution in [3.8, 4) is 0 Å². The molecule has 1 unspecified atom stereocenters. The minimum absolute atomic E-state index is 0.0619. The monoisotopic (exact) mass is 303 g/mol. The van der Waals surface area contributed by atoms with E-state index in [-0.39, 0.29) is 11.9 Å². The Bertz CT molecular complexity index is 599. The molecule has 0 bridgehead atoms. The van der Waals surface area contributed by atoms with Crippen LogP contribution >= 0.6 is 0 Å². The molecule has 0 saturated carbocycles. The highest BCUT2D eigenvalue weighted by atomic mass is 16.3. The molecule has 0 aliphatic rings. The lowest BCUT2D eigenvalue weighted by Gasteiger charge is -2.13. The van der Waals surface area contributed by atoms with Crippen LogP contribution in [-0.2, 0) is 13.0 Å². The van der Waals surface area contributed by atoms with Crippen molar-refractivity contribution in [3.05, 3.63) is 41.6 Å². The van der Waals surface area contributed by atoms with E-state index in [1.807, 2.05) is 32.0 Å². The molecule has 0 aromatic carbocycles. The average molecular weight is 303 g/mol. The number of aryl methyl sites for hydroxylation is 2. The summed E-state index contributed by atoms with van der Waals surface area (Å²) in [6.07, 6.45) is 3.33. The predicted molar refractivity (Wildman–Crippen MR) is 85.9 cm³/mol. The van der Waals surface area contributed by atoms with E-state index in [9.17, 15) is 4.79 Å². The van der Waals surface area contributed by atoms with E-state index >= 15 is 0 Å². The van der Waals surface area contributed by atoms with Gasteiger partial charge >= 0.3 is 0 Å². The molecule has 1 N–H and O–H groups in total. The van der Waals surface area contributed by atoms with Gasteiger partial charge in [-0.2, -0.15) is 5.10 Å². The van der Waals surface area contributed by atoms with Crippen LogP contribution in [0.5, 0.6) is 0 Å². The lowest BCUT2D eigenvalue weighted by atomic mass is 10.1. The molecule has 2 rings (SSSR count). The summed E-state index contributed by atoms with van der Waals surface area (Å²) < 4.78 is 7.08. The zero-order chi connectivity index (χ0) is 16.1. The van der Waals surface area contributed by atoms with E-state index < -0.39 is 0 Å². The molecule has 0 aliphatic carbocycles. The van der Waals surface area contributed by atoms with Crippen molar-refractivity contribution < 1.29 is 9.21 Å². The van der Waals surface area contributed by atoms with Gasteiger partial charge in [-0.3, -0.25) is 9.48 Å². The number of nitrogens with one attached hydrogen (secondary N) is 1. The van der Waals surface area contributed by atoms with Crippen LogP contribution in [0.25, 0.3) is 0 Å². The van der Waals surface area contributed by atoms with Gasteiger partial charge in [0, 0.05) is 19.0 Å². The number of furan rings is 1. The molecule has 0 spiro atoms. The summed E-state index contributed by atoms with van der Waals surface area (Å²) in [4.78, 5) is 12.4. The molecule has 0 aliphatic heterocycles. The van der Waals surface area contributed by atoms with Crippen LogP contribution in [0.3, 0.4) is 0 Å². The Balaban J connectivity index is 1.96. The van der Waals surface area contributed by atoms with Crippen molar-refractivity contribution in [2.24, 2.45) is 0 Å². The molecule has 0 radical (unpaired) electrons. The average Bonchev–Trinajstić information content (AvgIpc) is 3.14. The first-order valence-electron chi connectivity index (χ1n) is 7.92. The quantitative estimate of drug-likeness (QED) is 0.853. The molecule has 2 aromatic heterocycles. The Morgan fingerprint density at radius 3 is 2.77 bits per heavy atom. The van der Waals surface area contributed by atoms with Gasteiger partial charge in [0.1, 0.15) is 11.5 Å². The van der Waals surface area contributed by atoms with Gasteiger partial charge in [-0.1, -0.05) is 13.8 Å². The van der Waals surface area contributed by atoms with Gasteiger partial charge in [0.05, 0.1) is 12.0 Å². The highest BCUT2D eigenvalue weighted by Gasteiger charge is 2.17. The van der Waals surface area contributed by atoms with Crippen LogP contribution in [0.2, 0.25) is 0 Å². The Hall–Kier alpha value is -2.04. The summed E-state index contributed by atoms with van der Waals surface area (Å²) in [6.45, 7) is 8.85. The van der Waals surface area contributed by atoms with Crippen LogP contribution in [0, 0.1) is 0 Å². The summed E-state index contributed by atoms with van der Waals surface area (Å²) in [5, 5.41) is 7.53. The number of carbonyl (C=O) groups excluding carboxylic acids is 1. The Labute approximate surface area is 131 Å². The molecular weight excluding hydrogens is 278 g/mol. The molecule has 120 valence electrons. The second-order valence-corrected chi connectivity index (χ2v) is 5.92. The van der Waals surface area contributed by atoms with Crippen LogP contribution in [-0.4, -0.2) is 21.7 Å². The number of hydrogen-bond acceptors (Lipinski definition) is 3. The van der Waals surface area contributed by atoms with Gasteiger partial charge in [-0.25, -0.2) is 0 Å². The van der Waals surface area contributed by atoms with Gasteiger partial charge in [-0.15, -0.1) is 0 Å². The second kappa shape index (κ2) is 7.29. The van der Waals surface area contributed by atoms with Gasteiger partial charge in [0.25, 0.3) is 5.91 Å². The molecule has 1 atom stereocenters. The third kappa shape index (κ3) is 4.00. The van der Waals surface area contributed by atoms with Gasteiger partial charge in [0.2, 0.25) is 0 Å². The topological polar surface area (TPSA) is 60.1 Å². The van der Waals surface area contributed by atoms with E-state index in [1.165, 1.54) is 0 Å². The molecule has 5 nitrogen and oxygen atoms in total. The third-order valence-electron chi connectivity index (χ3n) is 3.70. The van der Waals surface area contributed by atoms with Gasteiger partial charge < -0.3 is 9.73 Å². The molecular formula is C17H25N3O2. The summed E-state index contributed by atoms with van der Waals surface area (Å²) >= 11 is 0. The zero-order valence-electron chi connectivity index (χ0n) is 13.8. The number of nitrogens with zero attached hydrogens (tertiary/aromatic N) is 2. The fourth-order valence-corrected chi connectivity index (χ4v) is 2.33. The maximum atomic E-state index is 12.4. The predicted octanol–water partition coefficient (Wildman–Crippen LogP) is 3.37. The highest BCUT2D eigenvalue weighted by Crippen LogP contribution is 2.15. The van der Waals surface area contributed by atoms with Gasteiger partial charge in [0.15, 0.2) is 0 Å². The number of amides is 1. The maximum absolute atomic E-state index is 12.4. The standard InChI is InChI=1S/C17H25N3O2/c1-5-20-16(11-15(19-20)12(2)3)17(21)18-13(4)8-9-14-7-6-10-22-14/h6-7,10-13H,5,8-9H2,1-4H3,(H,18,21). The molecule has 2 heterocycles. The lowest BCUT2D eigenvalue weighted by Crippen LogP contribution is -2.34. The van der Waals surface area contributed by atoms with Crippen molar-refractivity contribution in [2.75, 3.05) is 0 Å². The molecule has 0 fully saturated rings. The fraction of sp³-hybridized carbons (Fsp3) is 0.529. The summed E-state index contributed by atoms with van der Waals surface area (Å²) in [5.41, 5.74) is 1.59. The minimum Gasteiger partial charge on any atom is -0.469 e. The van der Waals surface area contributed by atoms with Gasteiger partial charge in [-0.05, 0) is 44.4 Å². The van der Waals surface area contributed by atoms with E-state index in [4.69, 9.17) is 4.42 Å². The van der Waals surface area contributed by atoms with Crippen LogP contribution in [0.1, 0.15) is 62.0 Å². The van der Waals surface area contributed by atoms with Crippen molar-refractivity contribution >= 4 is 5.91 Å². The smallest absolute Gasteiger partial charge is 0.269 e. The van der Waals surface area contributed by atoms with Crippen molar-refractivity contribution in [1.82, 2.24) is 15.1 Å². The van der Waals surface area contributed by atoms with Crippen LogP contribution in [0.4, 0.5) is 0 Å². The molecule has 1 amide bonds. The fourth-order valence-electron chi connectivity index (χ4n) is 2.33. The molecule has 0 saturated heterocycles. The first-order valence-corrected chi connectivity index (χ1v) is 7.92. The second-order valence-electron chi connectivity index (χ2n) is 5.92. The third-order valence-corrected chi connectivity index (χ3v) is 3.70. The lowest BCUT2D eigenvalue weighted by molar-refractivity contribution is 0.0927. The van der Waals surface area contributed by atoms with E-state index in [0.717, 1.165) is 24.3 Å². The largest absolute Gasteiger partial charge is 0.469 e. The van der Waals surface area contributed by atoms with E-state index in [1.54, 1.807) is 10.9 Å². The number of hydrogen-bond donors (Lipinski definition) is 1. The zero-order valence-corrected chi connectivity index (χ0v) is 13.8. The maximum Gasteiger partial charge on any atom is 0.269 e. The summed E-state index contributed by atoms with van der Waals surface area (Å²) in [7, 11) is 0. The van der Waals surface area contributed by atoms with Crippen molar-refractivity contribution in [1.29, 1.82) is 0 Å². The number of aromatic nitrogens is 2. The SMILES string of the molecule is CCn1nc(C(C)C)cc1C(=O)NC(C)CCc1ccco1. The minimum atomic E-state index is -0.0619. The van der Waals surface area contributed by atoms with Crippen LogP contribution < -0.4 is 5.32 Å². The number of carbonyl (C=O) groups is 1. The summed E-state index contributed by atoms with van der Waals surface area (Å²) in [6, 6.07) is 5.81. The summed E-state index contributed by atoms with van der Waals surface area (Å²) in [5.74, 6) is 1.20. The van der Waals surface area contributed by atoms with E-state index in [2.05, 4.69) is 24.3 Å². The van der Waals surface area contributed by atoms with E-state index in [0.29, 0.717) is 18.2 Å². The number of rotatable bonds is 7. The first-order chi connectivity index (χ1) is 10.5. The van der Waals surface area contributed by atoms with Crippen molar-refractivity contribution in [2.45, 2.75) is 59.0 Å². The Morgan fingerprint density at radius 2 is 2.18 bits per heavy atom. The highest BCUT2D eigenvalue weighted by molar-refractivity contribution is 5.92. The Kier molecular flexibility index (Phi) is 5.41. The normalized spacial score (nSPS) is 12.6. The molecule has 22 heavy (non-hydrogen) atoms. The molecule has 2 aromatic rings. The van der Waals surface area contributed by atoms with Crippen LogP contribution in [0.15, 0.2) is 28.9 Å². The van der Waals surface area contributed by atoms with Crippen molar-refractivity contribution in [3.63, 3.8) is 0 Å².